The van der Waals surface area contributed by atoms with Gasteiger partial charge in [-0.3, -0.25) is 0 Å². The molecule has 1 saturated carbocycles. The topological polar surface area (TPSA) is 41.3 Å². The third-order valence-electron chi connectivity index (χ3n) is 2.87. The minimum Gasteiger partial charge on any atom is -0.373 e. The number of rotatable bonds is 1. The summed E-state index contributed by atoms with van der Waals surface area (Å²) in [6.07, 6.45) is 9.07. The molecule has 0 saturated heterocycles. The summed E-state index contributed by atoms with van der Waals surface area (Å²) in [4.78, 5) is 2.38. The Morgan fingerprint density at radius 3 is 2.58 bits per heavy atom. The molecule has 0 aromatic heterocycles. The van der Waals surface area contributed by atoms with Crippen molar-refractivity contribution >= 4 is 0 Å². The molecular weight excluding hydrogens is 150 g/mol. The van der Waals surface area contributed by atoms with Gasteiger partial charge in [0.1, 0.15) is 0 Å². The molecule has 2 rings (SSSR count). The highest BCUT2D eigenvalue weighted by atomic mass is 15.3. The molecule has 0 aromatic carbocycles. The molecule has 3 N–H and O–H groups in total. The van der Waals surface area contributed by atoms with Crippen molar-refractivity contribution in [3.63, 3.8) is 0 Å². The van der Waals surface area contributed by atoms with E-state index in [-0.39, 0.29) is 0 Å². The van der Waals surface area contributed by atoms with E-state index >= 15 is 0 Å². The summed E-state index contributed by atoms with van der Waals surface area (Å²) in [7, 11) is 0. The fourth-order valence-electron chi connectivity index (χ4n) is 2.04. The van der Waals surface area contributed by atoms with E-state index in [1.807, 2.05) is 6.20 Å². The maximum absolute atomic E-state index is 5.84. The second kappa shape index (κ2) is 3.35. The second-order valence-electron chi connectivity index (χ2n) is 3.76. The standard InChI is InChI=1S/C9H17N3/c10-8-1-3-9(4-2-8)12-6-5-11-7-12/h5-6,8-9,11H,1-4,7,10H2. The van der Waals surface area contributed by atoms with Gasteiger partial charge in [0.15, 0.2) is 0 Å². The summed E-state index contributed by atoms with van der Waals surface area (Å²) in [5.41, 5.74) is 5.84. The molecule has 3 nitrogen and oxygen atoms in total. The number of hydrogen-bond acceptors (Lipinski definition) is 3. The largest absolute Gasteiger partial charge is 0.373 e. The predicted molar refractivity (Wildman–Crippen MR) is 49.2 cm³/mol. The molecule has 0 aromatic rings. The smallest absolute Gasteiger partial charge is 0.0870 e. The molecule has 0 unspecified atom stereocenters. The molecule has 0 spiro atoms. The Kier molecular flexibility index (Phi) is 2.21. The van der Waals surface area contributed by atoms with E-state index in [2.05, 4.69) is 16.4 Å². The van der Waals surface area contributed by atoms with Crippen LogP contribution in [0.1, 0.15) is 25.7 Å². The summed E-state index contributed by atoms with van der Waals surface area (Å²) >= 11 is 0. The van der Waals surface area contributed by atoms with Crippen molar-refractivity contribution < 1.29 is 0 Å². The lowest BCUT2D eigenvalue weighted by Crippen LogP contribution is -2.38. The van der Waals surface area contributed by atoms with E-state index in [0.29, 0.717) is 6.04 Å². The van der Waals surface area contributed by atoms with Gasteiger partial charge in [-0.25, -0.2) is 0 Å². The Morgan fingerprint density at radius 1 is 1.25 bits per heavy atom. The first-order valence-corrected chi connectivity index (χ1v) is 4.77. The molecule has 1 fully saturated rings. The van der Waals surface area contributed by atoms with Crippen molar-refractivity contribution in [1.82, 2.24) is 10.2 Å². The average molecular weight is 167 g/mol. The number of nitrogens with two attached hydrogens (primary N) is 1. The molecular formula is C9H17N3. The minimum absolute atomic E-state index is 0.459. The zero-order valence-corrected chi connectivity index (χ0v) is 7.37. The summed E-state index contributed by atoms with van der Waals surface area (Å²) in [5.74, 6) is 0. The van der Waals surface area contributed by atoms with Crippen molar-refractivity contribution in [2.45, 2.75) is 37.8 Å². The van der Waals surface area contributed by atoms with Gasteiger partial charge >= 0.3 is 0 Å². The highest BCUT2D eigenvalue weighted by molar-refractivity contribution is 4.93. The van der Waals surface area contributed by atoms with Gasteiger partial charge in [-0.1, -0.05) is 0 Å². The molecule has 1 aliphatic heterocycles. The van der Waals surface area contributed by atoms with E-state index in [0.717, 1.165) is 12.7 Å². The normalized spacial score (nSPS) is 35.2. The fraction of sp³-hybridized carbons (Fsp3) is 0.778. The van der Waals surface area contributed by atoms with Crippen molar-refractivity contribution in [3.8, 4) is 0 Å². The highest BCUT2D eigenvalue weighted by Gasteiger charge is 2.22. The van der Waals surface area contributed by atoms with E-state index in [1.165, 1.54) is 25.7 Å². The molecule has 0 radical (unpaired) electrons. The Morgan fingerprint density at radius 2 is 2.00 bits per heavy atom. The molecule has 1 aliphatic carbocycles. The van der Waals surface area contributed by atoms with Gasteiger partial charge in [0.25, 0.3) is 0 Å². The van der Waals surface area contributed by atoms with Crippen LogP contribution in [0.15, 0.2) is 12.4 Å². The van der Waals surface area contributed by atoms with Crippen molar-refractivity contribution in [2.75, 3.05) is 6.67 Å². The lowest BCUT2D eigenvalue weighted by molar-refractivity contribution is 0.214. The van der Waals surface area contributed by atoms with Gasteiger partial charge in [-0.15, -0.1) is 0 Å². The van der Waals surface area contributed by atoms with Crippen molar-refractivity contribution in [2.24, 2.45) is 5.73 Å². The van der Waals surface area contributed by atoms with Crippen LogP contribution in [0.3, 0.4) is 0 Å². The summed E-state index contributed by atoms with van der Waals surface area (Å²) in [6, 6.07) is 1.19. The van der Waals surface area contributed by atoms with Crippen LogP contribution < -0.4 is 11.1 Å². The Labute approximate surface area is 73.6 Å². The Balaban J connectivity index is 1.84. The van der Waals surface area contributed by atoms with Crippen LogP contribution in [-0.4, -0.2) is 23.7 Å². The number of nitrogens with zero attached hydrogens (tertiary/aromatic N) is 1. The van der Waals surface area contributed by atoms with Crippen LogP contribution in [0.25, 0.3) is 0 Å². The van der Waals surface area contributed by atoms with Gasteiger partial charge in [-0.05, 0) is 25.7 Å². The Bertz CT molecular complexity index is 171. The van der Waals surface area contributed by atoms with E-state index in [1.54, 1.807) is 0 Å². The summed E-state index contributed by atoms with van der Waals surface area (Å²) in [6.45, 7) is 0.986. The maximum atomic E-state index is 5.84. The number of hydrogen-bond donors (Lipinski definition) is 2. The number of nitrogens with one attached hydrogen (secondary N) is 1. The lowest BCUT2D eigenvalue weighted by Gasteiger charge is -2.32. The maximum Gasteiger partial charge on any atom is 0.0870 e. The monoisotopic (exact) mass is 167 g/mol. The van der Waals surface area contributed by atoms with Crippen LogP contribution >= 0.6 is 0 Å². The van der Waals surface area contributed by atoms with Gasteiger partial charge in [0.05, 0.1) is 6.67 Å². The van der Waals surface area contributed by atoms with Gasteiger partial charge in [0.2, 0.25) is 0 Å². The highest BCUT2D eigenvalue weighted by Crippen LogP contribution is 2.22. The zero-order valence-electron chi connectivity index (χ0n) is 7.37. The SMILES string of the molecule is NC1CCC(N2C=CNC2)CC1. The van der Waals surface area contributed by atoms with Gasteiger partial charge < -0.3 is 16.0 Å². The first-order chi connectivity index (χ1) is 5.86. The Hall–Kier alpha value is -0.700. The van der Waals surface area contributed by atoms with Crippen LogP contribution in [-0.2, 0) is 0 Å². The van der Waals surface area contributed by atoms with Crippen molar-refractivity contribution in [3.05, 3.63) is 12.4 Å². The van der Waals surface area contributed by atoms with E-state index in [4.69, 9.17) is 5.73 Å². The summed E-state index contributed by atoms with van der Waals surface area (Å²) < 4.78 is 0. The van der Waals surface area contributed by atoms with E-state index in [9.17, 15) is 0 Å². The molecule has 2 aliphatic rings. The first-order valence-electron chi connectivity index (χ1n) is 4.77. The fourth-order valence-corrected chi connectivity index (χ4v) is 2.04. The van der Waals surface area contributed by atoms with Crippen LogP contribution in [0.5, 0.6) is 0 Å². The average Bonchev–Trinajstić information content (AvgIpc) is 2.58. The van der Waals surface area contributed by atoms with Crippen molar-refractivity contribution in [1.29, 1.82) is 0 Å². The quantitative estimate of drug-likeness (QED) is 0.600. The molecule has 0 atom stereocenters. The van der Waals surface area contributed by atoms with Gasteiger partial charge in [-0.2, -0.15) is 0 Å². The zero-order chi connectivity index (χ0) is 8.39. The first kappa shape index (κ1) is 7.92. The molecule has 1 heterocycles. The predicted octanol–water partition coefficient (Wildman–Crippen LogP) is 0.590. The molecule has 0 amide bonds. The third kappa shape index (κ3) is 1.55. The van der Waals surface area contributed by atoms with Crippen LogP contribution in [0, 0.1) is 0 Å². The van der Waals surface area contributed by atoms with E-state index < -0.39 is 0 Å². The summed E-state index contributed by atoms with van der Waals surface area (Å²) in [5, 5.41) is 3.19. The molecule has 3 heteroatoms. The minimum atomic E-state index is 0.459. The van der Waals surface area contributed by atoms with Crippen LogP contribution in [0.4, 0.5) is 0 Å². The van der Waals surface area contributed by atoms with Crippen LogP contribution in [0.2, 0.25) is 0 Å². The molecule has 12 heavy (non-hydrogen) atoms. The van der Waals surface area contributed by atoms with Gasteiger partial charge in [0, 0.05) is 24.5 Å². The molecule has 0 bridgehead atoms. The second-order valence-corrected chi connectivity index (χ2v) is 3.76. The lowest BCUT2D eigenvalue weighted by atomic mass is 9.91. The molecule has 68 valence electrons. The third-order valence-corrected chi connectivity index (χ3v) is 2.87.